The minimum Gasteiger partial charge on any atom is -0.480 e. The van der Waals surface area contributed by atoms with E-state index in [-0.39, 0.29) is 12.1 Å². The number of nitrogens with zero attached hydrogens (tertiary/aromatic N) is 2. The van der Waals surface area contributed by atoms with E-state index in [0.717, 1.165) is 12.8 Å². The molecule has 0 aromatic rings. The Labute approximate surface area is 102 Å². The molecule has 1 aliphatic rings. The molecule has 2 N–H and O–H groups in total. The fourth-order valence-corrected chi connectivity index (χ4v) is 1.95. The molecule has 1 heterocycles. The fraction of sp³-hybridized carbons (Fsp3) is 0.818. The summed E-state index contributed by atoms with van der Waals surface area (Å²) in [4.78, 5) is 25.7. The van der Waals surface area contributed by atoms with Crippen molar-refractivity contribution in [3.8, 4) is 0 Å². The van der Waals surface area contributed by atoms with Gasteiger partial charge in [-0.3, -0.25) is 4.79 Å². The summed E-state index contributed by atoms with van der Waals surface area (Å²) in [5, 5.41) is 11.8. The zero-order valence-electron chi connectivity index (χ0n) is 10.6. The SMILES string of the molecule is CC(NC1CCN(C(=O)N(C)C)CC1)C(=O)O. The summed E-state index contributed by atoms with van der Waals surface area (Å²) in [6.07, 6.45) is 1.61. The molecule has 0 radical (unpaired) electrons. The molecular formula is C11H21N3O3. The molecule has 1 atom stereocenters. The highest BCUT2D eigenvalue weighted by Gasteiger charge is 2.25. The second-order valence-electron chi connectivity index (χ2n) is 4.66. The number of aliphatic carboxylic acids is 1. The van der Waals surface area contributed by atoms with Gasteiger partial charge >= 0.3 is 12.0 Å². The zero-order chi connectivity index (χ0) is 13.0. The van der Waals surface area contributed by atoms with E-state index in [1.54, 1.807) is 30.8 Å². The van der Waals surface area contributed by atoms with E-state index in [2.05, 4.69) is 5.32 Å². The van der Waals surface area contributed by atoms with Crippen LogP contribution >= 0.6 is 0 Å². The average molecular weight is 243 g/mol. The van der Waals surface area contributed by atoms with Crippen LogP contribution in [-0.2, 0) is 4.79 Å². The van der Waals surface area contributed by atoms with Gasteiger partial charge in [-0.25, -0.2) is 4.79 Å². The van der Waals surface area contributed by atoms with Gasteiger partial charge in [0.1, 0.15) is 6.04 Å². The van der Waals surface area contributed by atoms with E-state index in [4.69, 9.17) is 5.11 Å². The Morgan fingerprint density at radius 3 is 2.29 bits per heavy atom. The predicted molar refractivity (Wildman–Crippen MR) is 63.9 cm³/mol. The number of amides is 2. The number of carbonyl (C=O) groups excluding carboxylic acids is 1. The lowest BCUT2D eigenvalue weighted by Crippen LogP contribution is -2.50. The van der Waals surface area contributed by atoms with Gasteiger partial charge in [-0.15, -0.1) is 0 Å². The molecule has 0 aliphatic carbocycles. The largest absolute Gasteiger partial charge is 0.480 e. The van der Waals surface area contributed by atoms with Crippen LogP contribution in [0.4, 0.5) is 4.79 Å². The predicted octanol–water partition coefficient (Wildman–Crippen LogP) is 0.195. The first-order valence-corrected chi connectivity index (χ1v) is 5.87. The first-order valence-electron chi connectivity index (χ1n) is 5.87. The average Bonchev–Trinajstić information content (AvgIpc) is 2.28. The number of carboxylic acids is 1. The number of piperidine rings is 1. The number of hydrogen-bond acceptors (Lipinski definition) is 3. The standard InChI is InChI=1S/C11H21N3O3/c1-8(10(15)16)12-9-4-6-14(7-5-9)11(17)13(2)3/h8-9,12H,4-7H2,1-3H3,(H,15,16). The summed E-state index contributed by atoms with van der Waals surface area (Å²) in [5.74, 6) is -0.836. The molecule has 0 aromatic carbocycles. The van der Waals surface area contributed by atoms with E-state index >= 15 is 0 Å². The summed E-state index contributed by atoms with van der Waals surface area (Å²) in [6, 6.07) is -0.321. The molecule has 0 aromatic heterocycles. The van der Waals surface area contributed by atoms with E-state index in [9.17, 15) is 9.59 Å². The topological polar surface area (TPSA) is 72.9 Å². The minimum absolute atomic E-state index is 0.0229. The normalized spacial score (nSPS) is 18.9. The summed E-state index contributed by atoms with van der Waals surface area (Å²) < 4.78 is 0. The van der Waals surface area contributed by atoms with Crippen molar-refractivity contribution in [1.29, 1.82) is 0 Å². The summed E-state index contributed by atoms with van der Waals surface area (Å²) in [7, 11) is 3.47. The highest BCUT2D eigenvalue weighted by atomic mass is 16.4. The smallest absolute Gasteiger partial charge is 0.320 e. The maximum Gasteiger partial charge on any atom is 0.320 e. The summed E-state index contributed by atoms with van der Waals surface area (Å²) in [6.45, 7) is 3.00. The Kier molecular flexibility index (Phi) is 4.74. The molecule has 0 bridgehead atoms. The fourth-order valence-electron chi connectivity index (χ4n) is 1.95. The Morgan fingerprint density at radius 2 is 1.88 bits per heavy atom. The first-order chi connectivity index (χ1) is 7.91. The van der Waals surface area contributed by atoms with Gasteiger partial charge < -0.3 is 20.2 Å². The van der Waals surface area contributed by atoms with Gasteiger partial charge in [-0.05, 0) is 19.8 Å². The van der Waals surface area contributed by atoms with E-state index in [1.807, 2.05) is 0 Å². The van der Waals surface area contributed by atoms with Crippen LogP contribution in [0.25, 0.3) is 0 Å². The van der Waals surface area contributed by atoms with Crippen molar-refractivity contribution in [2.45, 2.75) is 31.8 Å². The molecule has 6 nitrogen and oxygen atoms in total. The highest BCUT2D eigenvalue weighted by molar-refractivity contribution is 5.74. The highest BCUT2D eigenvalue weighted by Crippen LogP contribution is 2.12. The third-order valence-electron chi connectivity index (χ3n) is 3.00. The van der Waals surface area contributed by atoms with Crippen LogP contribution in [0, 0.1) is 0 Å². The van der Waals surface area contributed by atoms with Crippen molar-refractivity contribution in [1.82, 2.24) is 15.1 Å². The summed E-state index contributed by atoms with van der Waals surface area (Å²) >= 11 is 0. The van der Waals surface area contributed by atoms with Crippen molar-refractivity contribution >= 4 is 12.0 Å². The number of rotatable bonds is 3. The van der Waals surface area contributed by atoms with Crippen molar-refractivity contribution in [2.75, 3.05) is 27.2 Å². The van der Waals surface area contributed by atoms with Gasteiger partial charge in [0, 0.05) is 33.2 Å². The zero-order valence-corrected chi connectivity index (χ0v) is 10.6. The second kappa shape index (κ2) is 5.86. The Bertz CT molecular complexity index is 286. The van der Waals surface area contributed by atoms with Gasteiger partial charge in [0.2, 0.25) is 0 Å². The van der Waals surface area contributed by atoms with E-state index in [0.29, 0.717) is 13.1 Å². The van der Waals surface area contributed by atoms with Crippen LogP contribution in [0.15, 0.2) is 0 Å². The van der Waals surface area contributed by atoms with Crippen molar-refractivity contribution in [2.24, 2.45) is 0 Å². The maximum absolute atomic E-state index is 11.7. The third-order valence-corrected chi connectivity index (χ3v) is 3.00. The van der Waals surface area contributed by atoms with Crippen LogP contribution in [0.1, 0.15) is 19.8 Å². The van der Waals surface area contributed by atoms with Crippen molar-refractivity contribution in [3.63, 3.8) is 0 Å². The Hall–Kier alpha value is -1.30. The van der Waals surface area contributed by atoms with Gasteiger partial charge in [-0.2, -0.15) is 0 Å². The molecule has 1 fully saturated rings. The molecular weight excluding hydrogens is 222 g/mol. The van der Waals surface area contributed by atoms with Crippen molar-refractivity contribution < 1.29 is 14.7 Å². The molecule has 1 saturated heterocycles. The van der Waals surface area contributed by atoms with Crippen LogP contribution in [0.5, 0.6) is 0 Å². The molecule has 1 aliphatic heterocycles. The monoisotopic (exact) mass is 243 g/mol. The molecule has 2 amide bonds. The van der Waals surface area contributed by atoms with Gasteiger partial charge in [0.15, 0.2) is 0 Å². The quantitative estimate of drug-likeness (QED) is 0.742. The van der Waals surface area contributed by atoms with Crippen LogP contribution < -0.4 is 5.32 Å². The third kappa shape index (κ3) is 3.89. The summed E-state index contributed by atoms with van der Waals surface area (Å²) in [5.41, 5.74) is 0. The molecule has 6 heteroatoms. The van der Waals surface area contributed by atoms with Crippen molar-refractivity contribution in [3.05, 3.63) is 0 Å². The number of urea groups is 1. The lowest BCUT2D eigenvalue weighted by molar-refractivity contribution is -0.139. The minimum atomic E-state index is -0.836. The molecule has 0 saturated carbocycles. The molecule has 98 valence electrons. The van der Waals surface area contributed by atoms with Gasteiger partial charge in [0.05, 0.1) is 0 Å². The Balaban J connectivity index is 2.36. The number of carbonyl (C=O) groups is 2. The molecule has 1 unspecified atom stereocenters. The molecule has 1 rings (SSSR count). The van der Waals surface area contributed by atoms with Crippen LogP contribution in [0.3, 0.4) is 0 Å². The van der Waals surface area contributed by atoms with E-state index in [1.165, 1.54) is 0 Å². The Morgan fingerprint density at radius 1 is 1.35 bits per heavy atom. The van der Waals surface area contributed by atoms with Gasteiger partial charge in [-0.1, -0.05) is 0 Å². The number of carboxylic acid groups (broad SMARTS) is 1. The number of hydrogen-bond donors (Lipinski definition) is 2. The van der Waals surface area contributed by atoms with Crippen LogP contribution in [0.2, 0.25) is 0 Å². The molecule has 17 heavy (non-hydrogen) atoms. The number of likely N-dealkylation sites (tertiary alicyclic amines) is 1. The first kappa shape index (κ1) is 13.8. The lowest BCUT2D eigenvalue weighted by Gasteiger charge is -2.34. The lowest BCUT2D eigenvalue weighted by atomic mass is 10.0. The van der Waals surface area contributed by atoms with E-state index < -0.39 is 12.0 Å². The van der Waals surface area contributed by atoms with Gasteiger partial charge in [0.25, 0.3) is 0 Å². The van der Waals surface area contributed by atoms with Crippen LogP contribution in [-0.4, -0.2) is 66.2 Å². The number of nitrogens with one attached hydrogen (secondary N) is 1. The molecule has 0 spiro atoms. The second-order valence-corrected chi connectivity index (χ2v) is 4.66. The maximum atomic E-state index is 11.7.